The molecular weight excluding hydrogens is 299 g/mol. The summed E-state index contributed by atoms with van der Waals surface area (Å²) in [6, 6.07) is 10.4. The molecule has 2 bridgehead atoms. The van der Waals surface area contributed by atoms with E-state index in [4.69, 9.17) is 0 Å². The molecule has 1 N–H and O–H groups in total. The van der Waals surface area contributed by atoms with Crippen LogP contribution in [0.3, 0.4) is 0 Å². The van der Waals surface area contributed by atoms with Gasteiger partial charge in [-0.05, 0) is 48.7 Å². The van der Waals surface area contributed by atoms with Crippen LogP contribution >= 0.6 is 11.3 Å². The molecule has 4 rings (SSSR count). The summed E-state index contributed by atoms with van der Waals surface area (Å²) in [4.78, 5) is 16.5. The molecule has 2 aliphatic heterocycles. The highest BCUT2D eigenvalue weighted by Gasteiger charge is 2.38. The monoisotopic (exact) mass is 316 g/mol. The molecule has 3 nitrogen and oxygen atoms in total. The van der Waals surface area contributed by atoms with E-state index < -0.39 is 0 Å². The number of nitrogens with one attached hydrogen (secondary N) is 1. The maximum Gasteiger partial charge on any atom is 0.261 e. The molecule has 22 heavy (non-hydrogen) atoms. The van der Waals surface area contributed by atoms with E-state index in [2.05, 4.69) is 10.2 Å². The molecule has 0 spiro atoms. The Morgan fingerprint density at radius 1 is 1.18 bits per heavy atom. The van der Waals surface area contributed by atoms with E-state index >= 15 is 0 Å². The number of benzene rings is 1. The summed E-state index contributed by atoms with van der Waals surface area (Å²) in [6.07, 6.45) is 1.19. The predicted octanol–water partition coefficient (Wildman–Crippen LogP) is 2.99. The van der Waals surface area contributed by atoms with Gasteiger partial charge in [-0.25, -0.2) is 4.39 Å². The number of piperidine rings is 1. The zero-order valence-corrected chi connectivity index (χ0v) is 12.9. The molecule has 1 amide bonds. The van der Waals surface area contributed by atoms with Gasteiger partial charge < -0.3 is 10.2 Å². The minimum atomic E-state index is -0.246. The number of thiophene rings is 1. The molecule has 2 aromatic rings. The molecule has 3 atom stereocenters. The summed E-state index contributed by atoms with van der Waals surface area (Å²) in [7, 11) is 0. The average Bonchev–Trinajstić information content (AvgIpc) is 3.24. The lowest BCUT2D eigenvalue weighted by Crippen LogP contribution is -2.42. The van der Waals surface area contributed by atoms with Crippen LogP contribution < -0.4 is 5.32 Å². The van der Waals surface area contributed by atoms with E-state index in [9.17, 15) is 9.18 Å². The molecule has 5 heteroatoms. The second kappa shape index (κ2) is 5.48. The molecule has 2 aliphatic rings. The van der Waals surface area contributed by atoms with Gasteiger partial charge in [-0.2, -0.15) is 0 Å². The van der Waals surface area contributed by atoms with Crippen molar-refractivity contribution >= 4 is 17.2 Å². The van der Waals surface area contributed by atoms with Crippen LogP contribution in [0.25, 0.3) is 10.4 Å². The van der Waals surface area contributed by atoms with Gasteiger partial charge in [0.1, 0.15) is 5.82 Å². The van der Waals surface area contributed by atoms with Gasteiger partial charge in [0.05, 0.1) is 4.88 Å². The van der Waals surface area contributed by atoms with E-state index in [1.807, 2.05) is 12.1 Å². The molecule has 2 saturated heterocycles. The van der Waals surface area contributed by atoms with Crippen LogP contribution in [0.4, 0.5) is 4.39 Å². The molecule has 3 heterocycles. The first-order valence-electron chi connectivity index (χ1n) is 7.58. The van der Waals surface area contributed by atoms with Crippen LogP contribution in [-0.4, -0.2) is 36.5 Å². The summed E-state index contributed by atoms with van der Waals surface area (Å²) in [5.74, 6) is 0.377. The number of nitrogens with zero attached hydrogens (tertiary/aromatic N) is 1. The normalized spacial score (nSPS) is 26.3. The van der Waals surface area contributed by atoms with Crippen molar-refractivity contribution in [2.75, 3.05) is 19.6 Å². The standard InChI is InChI=1S/C17H17FN2OS/c18-13-3-1-11(2-4-13)15-5-6-16(22-15)17(21)19-14-10-20-8-7-12(14)9-20/h1-6,12,14H,7-10H2,(H,19,21)/t12-,14?/m0/s1. The SMILES string of the molecule is O=C(NC1CN2CC[C@H]1C2)c1ccc(-c2ccc(F)cc2)s1. The Balaban J connectivity index is 1.46. The highest BCUT2D eigenvalue weighted by atomic mass is 32.1. The second-order valence-corrected chi connectivity index (χ2v) is 7.14. The minimum Gasteiger partial charge on any atom is -0.347 e. The van der Waals surface area contributed by atoms with Gasteiger partial charge in [0.2, 0.25) is 0 Å². The largest absolute Gasteiger partial charge is 0.347 e. The molecule has 2 unspecified atom stereocenters. The highest BCUT2D eigenvalue weighted by Crippen LogP contribution is 2.30. The third kappa shape index (κ3) is 2.55. The lowest BCUT2D eigenvalue weighted by atomic mass is 10.00. The number of carbonyl (C=O) groups is 1. The van der Waals surface area contributed by atoms with Crippen molar-refractivity contribution in [3.63, 3.8) is 0 Å². The summed E-state index contributed by atoms with van der Waals surface area (Å²) in [5.41, 5.74) is 0.941. The van der Waals surface area contributed by atoms with Crippen molar-refractivity contribution in [3.8, 4) is 10.4 Å². The van der Waals surface area contributed by atoms with Gasteiger partial charge in [0.15, 0.2) is 0 Å². The predicted molar refractivity (Wildman–Crippen MR) is 85.5 cm³/mol. The van der Waals surface area contributed by atoms with Crippen LogP contribution in [0.1, 0.15) is 16.1 Å². The fraction of sp³-hybridized carbons (Fsp3) is 0.353. The van der Waals surface area contributed by atoms with E-state index in [0.717, 1.165) is 28.4 Å². The molecule has 0 aliphatic carbocycles. The Hall–Kier alpha value is -1.72. The molecule has 114 valence electrons. The first kappa shape index (κ1) is 13.9. The van der Waals surface area contributed by atoms with Gasteiger partial charge in [0, 0.05) is 24.0 Å². The Morgan fingerprint density at radius 3 is 2.68 bits per heavy atom. The Morgan fingerprint density at radius 2 is 2.00 bits per heavy atom. The topological polar surface area (TPSA) is 32.3 Å². The average molecular weight is 316 g/mol. The third-order valence-corrected chi connectivity index (χ3v) is 5.74. The van der Waals surface area contributed by atoms with E-state index in [-0.39, 0.29) is 17.8 Å². The van der Waals surface area contributed by atoms with E-state index in [1.54, 1.807) is 12.1 Å². The third-order valence-electron chi connectivity index (χ3n) is 4.61. The Kier molecular flexibility index (Phi) is 3.47. The lowest BCUT2D eigenvalue weighted by Gasteiger charge is -2.22. The maximum absolute atomic E-state index is 13.0. The molecule has 2 fully saturated rings. The molecule has 1 aromatic carbocycles. The van der Waals surface area contributed by atoms with Gasteiger partial charge >= 0.3 is 0 Å². The van der Waals surface area contributed by atoms with Crippen molar-refractivity contribution in [2.45, 2.75) is 12.5 Å². The van der Waals surface area contributed by atoms with Crippen molar-refractivity contribution in [3.05, 3.63) is 47.1 Å². The molecule has 1 aromatic heterocycles. The number of rotatable bonds is 3. The van der Waals surface area contributed by atoms with Gasteiger partial charge in [0.25, 0.3) is 5.91 Å². The smallest absolute Gasteiger partial charge is 0.261 e. The molecular formula is C17H17FN2OS. The van der Waals surface area contributed by atoms with Crippen molar-refractivity contribution in [1.82, 2.24) is 10.2 Å². The van der Waals surface area contributed by atoms with Gasteiger partial charge in [-0.15, -0.1) is 11.3 Å². The Labute approximate surface area is 132 Å². The van der Waals surface area contributed by atoms with Crippen LogP contribution in [0.5, 0.6) is 0 Å². The minimum absolute atomic E-state index is 0.0112. The molecule has 0 radical (unpaired) electrons. The van der Waals surface area contributed by atoms with Gasteiger partial charge in [-0.1, -0.05) is 12.1 Å². The van der Waals surface area contributed by atoms with Crippen molar-refractivity contribution < 1.29 is 9.18 Å². The summed E-state index contributed by atoms with van der Waals surface area (Å²) in [5, 5.41) is 3.17. The van der Waals surface area contributed by atoms with E-state index in [0.29, 0.717) is 5.92 Å². The van der Waals surface area contributed by atoms with Crippen molar-refractivity contribution in [1.29, 1.82) is 0 Å². The number of hydrogen-bond donors (Lipinski definition) is 1. The summed E-state index contributed by atoms with van der Waals surface area (Å²) >= 11 is 1.46. The maximum atomic E-state index is 13.0. The fourth-order valence-electron chi connectivity index (χ4n) is 3.42. The zero-order chi connectivity index (χ0) is 15.1. The van der Waals surface area contributed by atoms with Crippen LogP contribution in [0.15, 0.2) is 36.4 Å². The number of carbonyl (C=O) groups excluding carboxylic acids is 1. The lowest BCUT2D eigenvalue weighted by molar-refractivity contribution is 0.0928. The fourth-order valence-corrected chi connectivity index (χ4v) is 4.33. The summed E-state index contributed by atoms with van der Waals surface area (Å²) in [6.45, 7) is 3.27. The number of amides is 1. The molecule has 0 saturated carbocycles. The van der Waals surface area contributed by atoms with Gasteiger partial charge in [-0.3, -0.25) is 4.79 Å². The van der Waals surface area contributed by atoms with Crippen LogP contribution in [0.2, 0.25) is 0 Å². The number of hydrogen-bond acceptors (Lipinski definition) is 3. The Bertz CT molecular complexity index is 697. The summed E-state index contributed by atoms with van der Waals surface area (Å²) < 4.78 is 13.0. The highest BCUT2D eigenvalue weighted by molar-refractivity contribution is 7.17. The van der Waals surface area contributed by atoms with Crippen LogP contribution in [0, 0.1) is 11.7 Å². The second-order valence-electron chi connectivity index (χ2n) is 6.06. The van der Waals surface area contributed by atoms with Crippen molar-refractivity contribution in [2.24, 2.45) is 5.92 Å². The van der Waals surface area contributed by atoms with Crippen LogP contribution in [-0.2, 0) is 0 Å². The zero-order valence-electron chi connectivity index (χ0n) is 12.1. The number of fused-ring (bicyclic) bond motifs is 2. The number of halogens is 1. The van der Waals surface area contributed by atoms with E-state index in [1.165, 1.54) is 36.4 Å². The first-order valence-corrected chi connectivity index (χ1v) is 8.40. The quantitative estimate of drug-likeness (QED) is 0.944. The first-order chi connectivity index (χ1) is 10.7.